The van der Waals surface area contributed by atoms with Crippen LogP contribution in [0.2, 0.25) is 0 Å². The van der Waals surface area contributed by atoms with Crippen molar-refractivity contribution in [3.63, 3.8) is 0 Å². The third-order valence-electron chi connectivity index (χ3n) is 9.34. The van der Waals surface area contributed by atoms with E-state index in [1.807, 2.05) is 0 Å². The van der Waals surface area contributed by atoms with Crippen LogP contribution in [0, 0.1) is 0 Å². The van der Waals surface area contributed by atoms with Crippen molar-refractivity contribution in [2.75, 3.05) is 33.0 Å². The Balaban J connectivity index is 4.01. The van der Waals surface area contributed by atoms with E-state index in [1.165, 1.54) is 154 Å². The topological polar surface area (TPSA) is 117 Å². The third kappa shape index (κ3) is 40.2. The second-order valence-electron chi connectivity index (χ2n) is 14.6. The summed E-state index contributed by atoms with van der Waals surface area (Å²) in [5.74, 6) is -0.333. The summed E-state index contributed by atoms with van der Waals surface area (Å²) in [5.41, 5.74) is 5.37. The Hall–Kier alpha value is -1.02. The average molecular weight is 758 g/mol. The number of hydrogen-bond donors (Lipinski definition) is 2. The molecule has 2 atom stereocenters. The average Bonchev–Trinajstić information content (AvgIpc) is 3.13. The number of allylic oxidation sites excluding steroid dienone is 4. The Kier molecular flexibility index (Phi) is 40.3. The van der Waals surface area contributed by atoms with E-state index in [0.717, 1.165) is 32.1 Å². The van der Waals surface area contributed by atoms with E-state index in [-0.39, 0.29) is 32.3 Å². The van der Waals surface area contributed by atoms with E-state index in [9.17, 15) is 14.3 Å². The lowest BCUT2D eigenvalue weighted by molar-refractivity contribution is -0.154. The summed E-state index contributed by atoms with van der Waals surface area (Å²) in [6, 6.07) is 0. The van der Waals surface area contributed by atoms with Crippen LogP contribution in [-0.2, 0) is 27.9 Å². The summed E-state index contributed by atoms with van der Waals surface area (Å²) in [7, 11) is -4.27. The molecule has 3 N–H and O–H groups in total. The number of phosphoric acid groups is 1. The molecule has 52 heavy (non-hydrogen) atoms. The van der Waals surface area contributed by atoms with Crippen molar-refractivity contribution in [2.24, 2.45) is 5.73 Å². The fourth-order valence-electron chi connectivity index (χ4n) is 6.10. The maximum Gasteiger partial charge on any atom is 0.472 e. The number of unbranched alkanes of at least 4 members (excludes halogenated alkanes) is 25. The van der Waals surface area contributed by atoms with Gasteiger partial charge in [-0.15, -0.1) is 0 Å². The molecule has 0 aromatic carbocycles. The molecule has 0 spiro atoms. The minimum Gasteiger partial charge on any atom is -0.457 e. The molecule has 0 saturated carbocycles. The minimum absolute atomic E-state index is 0.0957. The van der Waals surface area contributed by atoms with Crippen molar-refractivity contribution in [1.82, 2.24) is 0 Å². The van der Waals surface area contributed by atoms with Gasteiger partial charge in [-0.05, 0) is 64.2 Å². The lowest BCUT2D eigenvalue weighted by Gasteiger charge is -2.20. The van der Waals surface area contributed by atoms with Crippen LogP contribution in [-0.4, -0.2) is 49.9 Å². The fourth-order valence-corrected chi connectivity index (χ4v) is 6.87. The number of hydrogen-bond acceptors (Lipinski definition) is 7. The summed E-state index contributed by atoms with van der Waals surface area (Å²) in [6.45, 7) is 4.91. The first-order chi connectivity index (χ1) is 25.4. The molecule has 308 valence electrons. The van der Waals surface area contributed by atoms with Gasteiger partial charge in [0.2, 0.25) is 0 Å². The van der Waals surface area contributed by atoms with Crippen molar-refractivity contribution >= 4 is 13.8 Å². The van der Waals surface area contributed by atoms with E-state index < -0.39 is 13.9 Å². The lowest BCUT2D eigenvalue weighted by Crippen LogP contribution is -2.28. The van der Waals surface area contributed by atoms with Crippen LogP contribution in [0.25, 0.3) is 0 Å². The van der Waals surface area contributed by atoms with Gasteiger partial charge in [-0.1, -0.05) is 160 Å². The maximum atomic E-state index is 12.6. The first-order valence-corrected chi connectivity index (χ1v) is 23.3. The quantitative estimate of drug-likeness (QED) is 0.0273. The van der Waals surface area contributed by atoms with Gasteiger partial charge in [0.25, 0.3) is 0 Å². The van der Waals surface area contributed by atoms with Gasteiger partial charge in [-0.3, -0.25) is 13.8 Å². The first kappa shape index (κ1) is 51.0. The summed E-state index contributed by atoms with van der Waals surface area (Å²) in [5, 5.41) is 0. The van der Waals surface area contributed by atoms with Gasteiger partial charge < -0.3 is 20.1 Å². The molecule has 0 rings (SSSR count). The Bertz CT molecular complexity index is 853. The van der Waals surface area contributed by atoms with Crippen LogP contribution in [0.3, 0.4) is 0 Å². The molecule has 0 fully saturated rings. The van der Waals surface area contributed by atoms with Gasteiger partial charge in [-0.25, -0.2) is 4.57 Å². The summed E-state index contributed by atoms with van der Waals surface area (Å²) < 4.78 is 33.4. The molecular formula is C43H84NO7P. The Morgan fingerprint density at radius 3 is 1.42 bits per heavy atom. The van der Waals surface area contributed by atoms with Crippen LogP contribution in [0.15, 0.2) is 24.3 Å². The van der Waals surface area contributed by atoms with E-state index in [4.69, 9.17) is 24.3 Å². The molecule has 0 aliphatic carbocycles. The van der Waals surface area contributed by atoms with Crippen LogP contribution >= 0.6 is 7.82 Å². The monoisotopic (exact) mass is 758 g/mol. The standard InChI is InChI=1S/C43H84NO7P/c1-3-5-7-9-11-13-15-17-19-20-21-22-23-24-26-28-30-32-34-36-43(45)51-42(41-50-52(46,47)49-39-37-44)40-48-38-35-33-31-29-27-25-18-16-14-12-10-8-6-4-2/h14,16-17,19,42H,3-13,15,18,20-41,44H2,1-2H3,(H,46,47)/b16-14-,19-17-. The van der Waals surface area contributed by atoms with Gasteiger partial charge in [-0.2, -0.15) is 0 Å². The molecule has 0 bridgehead atoms. The van der Waals surface area contributed by atoms with E-state index in [1.54, 1.807) is 0 Å². The van der Waals surface area contributed by atoms with Crippen LogP contribution in [0.5, 0.6) is 0 Å². The molecule has 0 aliphatic rings. The summed E-state index contributed by atoms with van der Waals surface area (Å²) >= 11 is 0. The fraction of sp³-hybridized carbons (Fsp3) is 0.884. The summed E-state index contributed by atoms with van der Waals surface area (Å²) in [6.07, 6.45) is 44.8. The van der Waals surface area contributed by atoms with Crippen molar-refractivity contribution in [3.05, 3.63) is 24.3 Å². The Morgan fingerprint density at radius 2 is 0.962 bits per heavy atom. The minimum atomic E-state index is -4.27. The van der Waals surface area contributed by atoms with Crippen molar-refractivity contribution in [2.45, 2.75) is 213 Å². The molecule has 0 amide bonds. The van der Waals surface area contributed by atoms with Crippen molar-refractivity contribution < 1.29 is 32.8 Å². The van der Waals surface area contributed by atoms with Gasteiger partial charge in [0.1, 0.15) is 6.10 Å². The number of carbonyl (C=O) groups excluding carboxylic acids is 1. The van der Waals surface area contributed by atoms with Gasteiger partial charge in [0.15, 0.2) is 0 Å². The zero-order valence-electron chi connectivity index (χ0n) is 34.1. The molecule has 2 unspecified atom stereocenters. The highest BCUT2D eigenvalue weighted by Crippen LogP contribution is 2.43. The Labute approximate surface area is 321 Å². The molecule has 0 aliphatic heterocycles. The maximum absolute atomic E-state index is 12.6. The number of carbonyl (C=O) groups is 1. The third-order valence-corrected chi connectivity index (χ3v) is 10.3. The van der Waals surface area contributed by atoms with Crippen molar-refractivity contribution in [1.29, 1.82) is 0 Å². The number of esters is 1. The zero-order chi connectivity index (χ0) is 38.1. The molecule has 0 aromatic heterocycles. The zero-order valence-corrected chi connectivity index (χ0v) is 35.0. The first-order valence-electron chi connectivity index (χ1n) is 21.8. The highest BCUT2D eigenvalue weighted by atomic mass is 31.2. The highest BCUT2D eigenvalue weighted by molar-refractivity contribution is 7.47. The number of nitrogens with two attached hydrogens (primary N) is 1. The predicted molar refractivity (Wildman–Crippen MR) is 220 cm³/mol. The number of rotatable bonds is 42. The van der Waals surface area contributed by atoms with E-state index >= 15 is 0 Å². The smallest absolute Gasteiger partial charge is 0.457 e. The van der Waals surface area contributed by atoms with E-state index in [2.05, 4.69) is 38.2 Å². The van der Waals surface area contributed by atoms with Crippen LogP contribution < -0.4 is 5.73 Å². The van der Waals surface area contributed by atoms with Gasteiger partial charge in [0.05, 0.1) is 19.8 Å². The predicted octanol–water partition coefficient (Wildman–Crippen LogP) is 12.9. The van der Waals surface area contributed by atoms with Crippen molar-refractivity contribution in [3.8, 4) is 0 Å². The molecule has 9 heteroatoms. The van der Waals surface area contributed by atoms with Gasteiger partial charge in [0, 0.05) is 19.6 Å². The van der Waals surface area contributed by atoms with E-state index in [0.29, 0.717) is 13.0 Å². The second kappa shape index (κ2) is 41.1. The van der Waals surface area contributed by atoms with Crippen LogP contribution in [0.4, 0.5) is 0 Å². The molecule has 0 aromatic rings. The number of ether oxygens (including phenoxy) is 2. The second-order valence-corrected chi connectivity index (χ2v) is 16.0. The normalized spacial score (nSPS) is 13.7. The van der Waals surface area contributed by atoms with Crippen LogP contribution in [0.1, 0.15) is 206 Å². The molecular weight excluding hydrogens is 673 g/mol. The molecule has 0 radical (unpaired) electrons. The van der Waals surface area contributed by atoms with Gasteiger partial charge >= 0.3 is 13.8 Å². The Morgan fingerprint density at radius 1 is 0.558 bits per heavy atom. The number of phosphoric ester groups is 1. The molecule has 0 saturated heterocycles. The largest absolute Gasteiger partial charge is 0.472 e. The molecule has 8 nitrogen and oxygen atoms in total. The molecule has 0 heterocycles. The summed E-state index contributed by atoms with van der Waals surface area (Å²) in [4.78, 5) is 22.5. The lowest BCUT2D eigenvalue weighted by atomic mass is 10.1. The SMILES string of the molecule is CCCCCC/C=C\CCCCCCCCOCC(COP(=O)(O)OCCN)OC(=O)CCCCCCCCCCC/C=C\CCCCCCCC. The highest BCUT2D eigenvalue weighted by Gasteiger charge is 2.25.